The lowest BCUT2D eigenvalue weighted by molar-refractivity contribution is 1.16. The second kappa shape index (κ2) is 6.93. The second-order valence-electron chi connectivity index (χ2n) is 4.61. The molecule has 0 fully saturated rings. The van der Waals surface area contributed by atoms with Crippen molar-refractivity contribution in [1.29, 1.82) is 0 Å². The molecule has 0 spiro atoms. The predicted octanol–water partition coefficient (Wildman–Crippen LogP) is 4.47. The number of rotatable bonds is 4. The number of nitrogens with two attached hydrogens (primary N) is 1. The van der Waals surface area contributed by atoms with Crippen LogP contribution in [0.2, 0.25) is 0 Å². The average Bonchev–Trinajstić information content (AvgIpc) is 2.53. The molecule has 0 radical (unpaired) electrons. The first kappa shape index (κ1) is 15.7. The molecule has 2 aromatic heterocycles. The molecule has 0 unspecified atom stereocenters. The van der Waals surface area contributed by atoms with E-state index in [0.29, 0.717) is 23.1 Å². The number of nitrogens with zero attached hydrogens (tertiary/aromatic N) is 3. The Morgan fingerprint density at radius 1 is 0.870 bits per heavy atom. The Labute approximate surface area is 149 Å². The van der Waals surface area contributed by atoms with Crippen LogP contribution in [0.25, 0.3) is 0 Å². The minimum absolute atomic E-state index is 0.414. The first-order valence-electron chi connectivity index (χ1n) is 6.63. The number of hydrogen-bond acceptors (Lipinski definition) is 6. The fourth-order valence-corrected chi connectivity index (χ4v) is 2.50. The Balaban J connectivity index is 1.84. The molecule has 0 aliphatic carbocycles. The van der Waals surface area contributed by atoms with E-state index in [1.165, 1.54) is 6.33 Å². The highest BCUT2D eigenvalue weighted by atomic mass is 79.9. The molecule has 1 aromatic carbocycles. The van der Waals surface area contributed by atoms with Gasteiger partial charge in [-0.1, -0.05) is 22.0 Å². The van der Waals surface area contributed by atoms with Crippen LogP contribution in [-0.4, -0.2) is 15.0 Å². The van der Waals surface area contributed by atoms with Crippen molar-refractivity contribution < 1.29 is 0 Å². The normalized spacial score (nSPS) is 10.3. The molecule has 0 bridgehead atoms. The minimum Gasteiger partial charge on any atom is -0.393 e. The molecule has 2 heterocycles. The van der Waals surface area contributed by atoms with Crippen LogP contribution >= 0.6 is 31.9 Å². The highest BCUT2D eigenvalue weighted by Crippen LogP contribution is 2.28. The van der Waals surface area contributed by atoms with Gasteiger partial charge in [-0.3, -0.25) is 0 Å². The van der Waals surface area contributed by atoms with Crippen molar-refractivity contribution in [2.75, 3.05) is 16.4 Å². The van der Waals surface area contributed by atoms with Gasteiger partial charge in [0, 0.05) is 20.8 Å². The summed E-state index contributed by atoms with van der Waals surface area (Å²) >= 11 is 6.78. The van der Waals surface area contributed by atoms with E-state index in [2.05, 4.69) is 57.4 Å². The highest BCUT2D eigenvalue weighted by molar-refractivity contribution is 9.10. The van der Waals surface area contributed by atoms with Crippen molar-refractivity contribution in [1.82, 2.24) is 15.0 Å². The number of anilines is 5. The summed E-state index contributed by atoms with van der Waals surface area (Å²) in [6, 6.07) is 11.4. The van der Waals surface area contributed by atoms with Crippen LogP contribution in [0.1, 0.15) is 0 Å². The van der Waals surface area contributed by atoms with Gasteiger partial charge in [0.25, 0.3) is 0 Å². The zero-order valence-electron chi connectivity index (χ0n) is 11.8. The molecule has 0 aliphatic heterocycles. The van der Waals surface area contributed by atoms with Gasteiger partial charge in [-0.25, -0.2) is 15.0 Å². The lowest BCUT2D eigenvalue weighted by Gasteiger charge is -2.12. The fraction of sp³-hybridized carbons (Fsp3) is 0. The summed E-state index contributed by atoms with van der Waals surface area (Å²) < 4.78 is 1.86. The zero-order valence-corrected chi connectivity index (χ0v) is 15.0. The van der Waals surface area contributed by atoms with Gasteiger partial charge < -0.3 is 16.4 Å². The lowest BCUT2D eigenvalue weighted by atomic mass is 10.3. The van der Waals surface area contributed by atoms with Crippen molar-refractivity contribution in [2.45, 2.75) is 0 Å². The van der Waals surface area contributed by atoms with Crippen molar-refractivity contribution in [2.24, 2.45) is 0 Å². The summed E-state index contributed by atoms with van der Waals surface area (Å²) in [5, 5.41) is 6.25. The molecule has 6 nitrogen and oxygen atoms in total. The van der Waals surface area contributed by atoms with E-state index >= 15 is 0 Å². The topological polar surface area (TPSA) is 88.8 Å². The number of pyridine rings is 1. The fourth-order valence-electron chi connectivity index (χ4n) is 1.87. The van der Waals surface area contributed by atoms with Gasteiger partial charge in [0.2, 0.25) is 0 Å². The maximum Gasteiger partial charge on any atom is 0.160 e. The van der Waals surface area contributed by atoms with Crippen molar-refractivity contribution in [3.63, 3.8) is 0 Å². The van der Waals surface area contributed by atoms with E-state index in [0.717, 1.165) is 14.6 Å². The van der Waals surface area contributed by atoms with E-state index in [-0.39, 0.29) is 0 Å². The molecule has 116 valence electrons. The van der Waals surface area contributed by atoms with Gasteiger partial charge >= 0.3 is 0 Å². The van der Waals surface area contributed by atoms with E-state index < -0.39 is 0 Å². The molecular formula is C15H12Br2N6. The van der Waals surface area contributed by atoms with Crippen LogP contribution in [0.15, 0.2) is 57.9 Å². The van der Waals surface area contributed by atoms with Crippen molar-refractivity contribution >= 4 is 60.7 Å². The number of aromatic nitrogens is 3. The third-order valence-electron chi connectivity index (χ3n) is 2.95. The Morgan fingerprint density at radius 3 is 2.35 bits per heavy atom. The van der Waals surface area contributed by atoms with Crippen LogP contribution in [0.4, 0.5) is 28.8 Å². The summed E-state index contributed by atoms with van der Waals surface area (Å²) in [6.45, 7) is 0. The minimum atomic E-state index is 0.414. The van der Waals surface area contributed by atoms with Crippen LogP contribution in [-0.2, 0) is 0 Å². The monoisotopic (exact) mass is 434 g/mol. The maximum atomic E-state index is 6.15. The van der Waals surface area contributed by atoms with Gasteiger partial charge in [-0.2, -0.15) is 0 Å². The van der Waals surface area contributed by atoms with Crippen LogP contribution in [0, 0.1) is 0 Å². The Kier molecular flexibility index (Phi) is 4.73. The molecular weight excluding hydrogens is 424 g/mol. The number of halogens is 2. The Morgan fingerprint density at radius 2 is 1.65 bits per heavy atom. The molecule has 23 heavy (non-hydrogen) atoms. The number of nitrogen functional groups attached to an aromatic ring is 1. The highest BCUT2D eigenvalue weighted by Gasteiger charge is 2.09. The maximum absolute atomic E-state index is 6.15. The molecule has 4 N–H and O–H groups in total. The molecule has 3 aromatic rings. The van der Waals surface area contributed by atoms with Crippen LogP contribution in [0.5, 0.6) is 0 Å². The SMILES string of the molecule is Nc1c(Nc2cccc(Br)c2)ncnc1Nc1ccc(Br)cn1. The van der Waals surface area contributed by atoms with Crippen molar-refractivity contribution in [3.8, 4) is 0 Å². The Bertz CT molecular complexity index is 822. The van der Waals surface area contributed by atoms with E-state index in [9.17, 15) is 0 Å². The molecule has 0 aliphatic rings. The second-order valence-corrected chi connectivity index (χ2v) is 6.44. The molecule has 0 atom stereocenters. The third-order valence-corrected chi connectivity index (χ3v) is 3.91. The molecule has 0 saturated carbocycles. The van der Waals surface area contributed by atoms with Gasteiger partial charge in [0.05, 0.1) is 0 Å². The first-order chi connectivity index (χ1) is 11.1. The largest absolute Gasteiger partial charge is 0.393 e. The van der Waals surface area contributed by atoms with Crippen LogP contribution < -0.4 is 16.4 Å². The molecule has 8 heteroatoms. The summed E-state index contributed by atoms with van der Waals surface area (Å²) in [4.78, 5) is 12.6. The van der Waals surface area contributed by atoms with Gasteiger partial charge in [-0.15, -0.1) is 0 Å². The average molecular weight is 436 g/mol. The standard InChI is InChI=1S/C15H12Br2N6/c16-9-2-1-3-11(6-9)22-14-13(18)15(21-8-20-14)23-12-5-4-10(17)7-19-12/h1-8H,18H2,(H2,19,20,21,22,23). The molecule has 0 saturated heterocycles. The third kappa shape index (κ3) is 3.96. The summed E-state index contributed by atoms with van der Waals surface area (Å²) in [6.07, 6.45) is 3.14. The lowest BCUT2D eigenvalue weighted by Crippen LogP contribution is -2.05. The molecule has 3 rings (SSSR count). The number of benzene rings is 1. The quantitative estimate of drug-likeness (QED) is 0.560. The Hall–Kier alpha value is -2.19. The summed E-state index contributed by atoms with van der Waals surface area (Å²) in [5.74, 6) is 1.66. The predicted molar refractivity (Wildman–Crippen MR) is 99.1 cm³/mol. The van der Waals surface area contributed by atoms with E-state index in [1.54, 1.807) is 6.20 Å². The van der Waals surface area contributed by atoms with Gasteiger partial charge in [-0.05, 0) is 46.3 Å². The first-order valence-corrected chi connectivity index (χ1v) is 8.22. The number of hydrogen-bond donors (Lipinski definition) is 3. The zero-order chi connectivity index (χ0) is 16.2. The molecule has 0 amide bonds. The van der Waals surface area contributed by atoms with Crippen molar-refractivity contribution in [3.05, 3.63) is 57.9 Å². The van der Waals surface area contributed by atoms with E-state index in [4.69, 9.17) is 5.73 Å². The van der Waals surface area contributed by atoms with Gasteiger partial charge in [0.1, 0.15) is 17.8 Å². The van der Waals surface area contributed by atoms with Crippen LogP contribution in [0.3, 0.4) is 0 Å². The summed E-state index contributed by atoms with van der Waals surface area (Å²) in [7, 11) is 0. The smallest absolute Gasteiger partial charge is 0.160 e. The number of nitrogens with one attached hydrogen (secondary N) is 2. The van der Waals surface area contributed by atoms with E-state index in [1.807, 2.05) is 36.4 Å². The van der Waals surface area contributed by atoms with Gasteiger partial charge in [0.15, 0.2) is 11.6 Å². The summed E-state index contributed by atoms with van der Waals surface area (Å²) in [5.41, 5.74) is 7.43.